The van der Waals surface area contributed by atoms with E-state index >= 15 is 0 Å². The molecule has 2 unspecified atom stereocenters. The van der Waals surface area contributed by atoms with E-state index in [4.69, 9.17) is 9.47 Å². The normalized spacial score (nSPS) is 21.8. The molecule has 1 N–H and O–H groups in total. The van der Waals surface area contributed by atoms with Gasteiger partial charge in [-0.1, -0.05) is 0 Å². The number of likely N-dealkylation sites (N-methyl/N-ethyl adjacent to an activating group) is 1. The summed E-state index contributed by atoms with van der Waals surface area (Å²) in [4.78, 5) is 20.6. The molecule has 0 saturated heterocycles. The molecular weight excluding hydrogens is 354 g/mol. The Hall–Kier alpha value is -2.05. The van der Waals surface area contributed by atoms with Crippen molar-refractivity contribution in [2.75, 3.05) is 53.4 Å². The minimum atomic E-state index is -0.267. The molecule has 2 aromatic rings. The van der Waals surface area contributed by atoms with Crippen molar-refractivity contribution in [2.24, 2.45) is 0 Å². The molecule has 1 aliphatic rings. The first-order valence-corrected chi connectivity index (χ1v) is 10.1. The Labute approximate surface area is 167 Å². The fourth-order valence-corrected chi connectivity index (χ4v) is 4.20. The Kier molecular flexibility index (Phi) is 6.62. The summed E-state index contributed by atoms with van der Waals surface area (Å²) in [5, 5.41) is 1.20. The molecule has 0 bridgehead atoms. The lowest BCUT2D eigenvalue weighted by Crippen LogP contribution is -2.31. The number of methoxy groups -OCH3 is 2. The second-order valence-electron chi connectivity index (χ2n) is 8.02. The number of aromatic amines is 1. The quantitative estimate of drug-likeness (QED) is 0.820. The Bertz CT molecular complexity index is 815. The average Bonchev–Trinajstić information content (AvgIpc) is 3.03. The first-order valence-electron chi connectivity index (χ1n) is 10.1. The van der Waals surface area contributed by atoms with Gasteiger partial charge in [0, 0.05) is 56.6 Å². The van der Waals surface area contributed by atoms with Crippen molar-refractivity contribution in [1.82, 2.24) is 9.88 Å². The fraction of sp³-hybridized carbons (Fsp3) is 0.591. The van der Waals surface area contributed by atoms with E-state index in [2.05, 4.69) is 40.0 Å². The third-order valence-corrected chi connectivity index (χ3v) is 5.88. The monoisotopic (exact) mass is 387 g/mol. The van der Waals surface area contributed by atoms with Gasteiger partial charge < -0.3 is 24.3 Å². The van der Waals surface area contributed by atoms with Gasteiger partial charge in [-0.05, 0) is 56.5 Å². The third-order valence-electron chi connectivity index (χ3n) is 5.88. The number of H-pyrrole nitrogens is 1. The van der Waals surface area contributed by atoms with Crippen LogP contribution in [0, 0.1) is 0 Å². The lowest BCUT2D eigenvalue weighted by molar-refractivity contribution is -0.142. The molecular formula is C22H33N3O3. The Morgan fingerprint density at radius 3 is 2.71 bits per heavy atom. The SMILES string of the molecule is COC(=O)C1CCCC(OC)CN(C)CCc2c1[nH]c1ccc(N(C)C)cc21. The molecule has 1 aromatic carbocycles. The standard InChI is InChI=1S/C22H33N3O3/c1-24(2)15-9-10-20-19(13-15)17-11-12-25(3)14-16(27-4)7-6-8-18(21(17)23-20)22(26)28-5/h9-10,13,16,18,23H,6-8,11-12,14H2,1-5H3. The molecule has 2 atom stereocenters. The molecule has 6 heteroatoms. The molecule has 1 aliphatic heterocycles. The van der Waals surface area contributed by atoms with E-state index in [0.29, 0.717) is 0 Å². The summed E-state index contributed by atoms with van der Waals surface area (Å²) < 4.78 is 10.8. The number of aromatic nitrogens is 1. The van der Waals surface area contributed by atoms with E-state index in [1.54, 1.807) is 7.11 Å². The zero-order valence-electron chi connectivity index (χ0n) is 17.7. The molecule has 0 saturated carbocycles. The fourth-order valence-electron chi connectivity index (χ4n) is 4.20. The molecule has 0 spiro atoms. The number of nitrogens with zero attached hydrogens (tertiary/aromatic N) is 2. The Balaban J connectivity index is 2.08. The summed E-state index contributed by atoms with van der Waals surface area (Å²) in [6, 6.07) is 6.44. The minimum absolute atomic E-state index is 0.165. The number of anilines is 1. The van der Waals surface area contributed by atoms with Gasteiger partial charge in [0.1, 0.15) is 0 Å². The van der Waals surface area contributed by atoms with E-state index < -0.39 is 0 Å². The third kappa shape index (κ3) is 4.33. The number of benzene rings is 1. The van der Waals surface area contributed by atoms with Crippen LogP contribution in [0.15, 0.2) is 18.2 Å². The van der Waals surface area contributed by atoms with Crippen molar-refractivity contribution in [3.05, 3.63) is 29.5 Å². The maximum Gasteiger partial charge on any atom is 0.314 e. The zero-order chi connectivity index (χ0) is 20.3. The van der Waals surface area contributed by atoms with Crippen LogP contribution in [0.3, 0.4) is 0 Å². The molecule has 0 fully saturated rings. The molecule has 1 aromatic heterocycles. The molecule has 28 heavy (non-hydrogen) atoms. The number of hydrogen-bond donors (Lipinski definition) is 1. The predicted octanol–water partition coefficient (Wildman–Crippen LogP) is 3.16. The van der Waals surface area contributed by atoms with E-state index in [9.17, 15) is 4.79 Å². The van der Waals surface area contributed by atoms with Gasteiger partial charge >= 0.3 is 5.97 Å². The molecule has 0 aliphatic carbocycles. The van der Waals surface area contributed by atoms with Crippen LogP contribution in [0.2, 0.25) is 0 Å². The number of esters is 1. The number of fused-ring (bicyclic) bond motifs is 3. The van der Waals surface area contributed by atoms with Crippen molar-refractivity contribution >= 4 is 22.6 Å². The summed E-state index contributed by atoms with van der Waals surface area (Å²) in [6.07, 6.45) is 3.69. The summed E-state index contributed by atoms with van der Waals surface area (Å²) in [5.74, 6) is -0.432. The second-order valence-corrected chi connectivity index (χ2v) is 8.02. The average molecular weight is 388 g/mol. The van der Waals surface area contributed by atoms with Crippen molar-refractivity contribution < 1.29 is 14.3 Å². The maximum atomic E-state index is 12.7. The van der Waals surface area contributed by atoms with E-state index in [1.165, 1.54) is 18.1 Å². The van der Waals surface area contributed by atoms with E-state index in [1.807, 2.05) is 14.1 Å². The first-order chi connectivity index (χ1) is 13.4. The molecule has 6 nitrogen and oxygen atoms in total. The lowest BCUT2D eigenvalue weighted by Gasteiger charge is -2.22. The molecule has 3 rings (SSSR count). The van der Waals surface area contributed by atoms with Gasteiger partial charge in [-0.25, -0.2) is 0 Å². The lowest BCUT2D eigenvalue weighted by atomic mass is 9.93. The molecule has 154 valence electrons. The van der Waals surface area contributed by atoms with Gasteiger partial charge in [0.15, 0.2) is 0 Å². The smallest absolute Gasteiger partial charge is 0.314 e. The van der Waals surface area contributed by atoms with Gasteiger partial charge in [0.05, 0.1) is 19.1 Å². The number of rotatable bonds is 3. The highest BCUT2D eigenvalue weighted by molar-refractivity contribution is 5.90. The summed E-state index contributed by atoms with van der Waals surface area (Å²) in [5.41, 5.74) is 4.49. The topological polar surface area (TPSA) is 57.8 Å². The second kappa shape index (κ2) is 8.97. The van der Waals surface area contributed by atoms with Gasteiger partial charge in [-0.15, -0.1) is 0 Å². The van der Waals surface area contributed by atoms with Crippen molar-refractivity contribution in [1.29, 1.82) is 0 Å². The van der Waals surface area contributed by atoms with Crippen LogP contribution in [-0.2, 0) is 20.7 Å². The maximum absolute atomic E-state index is 12.7. The zero-order valence-corrected chi connectivity index (χ0v) is 17.7. The van der Waals surface area contributed by atoms with Crippen LogP contribution in [0.25, 0.3) is 10.9 Å². The largest absolute Gasteiger partial charge is 0.469 e. The highest BCUT2D eigenvalue weighted by Crippen LogP contribution is 2.34. The number of carbonyl (C=O) groups is 1. The van der Waals surface area contributed by atoms with Gasteiger partial charge in [0.25, 0.3) is 0 Å². The first kappa shape index (κ1) is 20.7. The predicted molar refractivity (Wildman–Crippen MR) is 113 cm³/mol. The summed E-state index contributed by atoms with van der Waals surface area (Å²) in [7, 11) is 9.49. The molecule has 0 amide bonds. The van der Waals surface area contributed by atoms with Crippen LogP contribution in [-0.4, -0.2) is 70.4 Å². The number of ether oxygens (including phenoxy) is 2. The van der Waals surface area contributed by atoms with Gasteiger partial charge in [-0.2, -0.15) is 0 Å². The highest BCUT2D eigenvalue weighted by atomic mass is 16.5. The molecule has 2 heterocycles. The van der Waals surface area contributed by atoms with E-state index in [-0.39, 0.29) is 18.0 Å². The Morgan fingerprint density at radius 2 is 2.04 bits per heavy atom. The number of hydrogen-bond acceptors (Lipinski definition) is 5. The van der Waals surface area contributed by atoms with Crippen LogP contribution in [0.1, 0.15) is 36.4 Å². The van der Waals surface area contributed by atoms with Crippen LogP contribution < -0.4 is 4.90 Å². The summed E-state index contributed by atoms with van der Waals surface area (Å²) in [6.45, 7) is 1.82. The van der Waals surface area contributed by atoms with E-state index in [0.717, 1.165) is 55.7 Å². The number of nitrogens with one attached hydrogen (secondary N) is 1. The Morgan fingerprint density at radius 1 is 1.25 bits per heavy atom. The number of carbonyl (C=O) groups excluding carboxylic acids is 1. The van der Waals surface area contributed by atoms with Gasteiger partial charge in [0.2, 0.25) is 0 Å². The van der Waals surface area contributed by atoms with Crippen molar-refractivity contribution in [2.45, 2.75) is 37.7 Å². The van der Waals surface area contributed by atoms with Crippen molar-refractivity contribution in [3.63, 3.8) is 0 Å². The van der Waals surface area contributed by atoms with Gasteiger partial charge in [-0.3, -0.25) is 4.79 Å². The van der Waals surface area contributed by atoms with Crippen LogP contribution >= 0.6 is 0 Å². The molecule has 0 radical (unpaired) electrons. The highest BCUT2D eigenvalue weighted by Gasteiger charge is 2.28. The summed E-state index contributed by atoms with van der Waals surface area (Å²) >= 11 is 0. The van der Waals surface area contributed by atoms with Crippen LogP contribution in [0.5, 0.6) is 0 Å². The van der Waals surface area contributed by atoms with Crippen molar-refractivity contribution in [3.8, 4) is 0 Å². The van der Waals surface area contributed by atoms with Crippen LogP contribution in [0.4, 0.5) is 5.69 Å². The minimum Gasteiger partial charge on any atom is -0.469 e.